The lowest BCUT2D eigenvalue weighted by atomic mass is 9.98. The molecule has 2 aromatic rings. The highest BCUT2D eigenvalue weighted by atomic mass is 16.5. The third-order valence-electron chi connectivity index (χ3n) is 8.65. The molecular weight excluding hydrogens is 444 g/mol. The number of nitrogens with one attached hydrogen (secondary N) is 2. The Hall–Kier alpha value is -3.35. The Balaban J connectivity index is 0.992. The molecule has 0 radical (unpaired) electrons. The van der Waals surface area contributed by atoms with Crippen molar-refractivity contribution in [2.45, 2.75) is 56.5 Å². The standard InChI is InChI=1S/C28H30N2O5/c31-25(29-19-12-17-13-28(17,14-19)26(32)33)16-9-10-18(11-16)30-27(34)35-15-24-22-7-3-1-5-20(22)21-6-2-4-8-23(21)24/h1-8,16-19,24H,9-15H2,(H,29,31)(H,30,34)(H,32,33). The number of amides is 2. The number of benzene rings is 2. The van der Waals surface area contributed by atoms with Crippen LogP contribution in [0.1, 0.15) is 55.6 Å². The van der Waals surface area contributed by atoms with Gasteiger partial charge in [-0.1, -0.05) is 48.5 Å². The first-order valence-electron chi connectivity index (χ1n) is 12.6. The van der Waals surface area contributed by atoms with Gasteiger partial charge in [0, 0.05) is 23.9 Å². The Bertz CT molecular complexity index is 1150. The van der Waals surface area contributed by atoms with Crippen LogP contribution in [-0.2, 0) is 14.3 Å². The smallest absolute Gasteiger partial charge is 0.407 e. The molecule has 2 amide bonds. The predicted octanol–water partition coefficient (Wildman–Crippen LogP) is 4.06. The number of ether oxygens (including phenoxy) is 1. The van der Waals surface area contributed by atoms with Crippen molar-refractivity contribution in [1.82, 2.24) is 10.6 Å². The van der Waals surface area contributed by atoms with Crippen LogP contribution in [0.5, 0.6) is 0 Å². The maximum atomic E-state index is 12.8. The topological polar surface area (TPSA) is 105 Å². The first kappa shape index (κ1) is 22.1. The van der Waals surface area contributed by atoms with E-state index in [1.54, 1.807) is 0 Å². The SMILES string of the molecule is O=C(NC1CCC(C(=O)NC2CC3CC3(C(=O)O)C2)C1)OCC1c2ccccc2-c2ccccc21. The van der Waals surface area contributed by atoms with Crippen molar-refractivity contribution >= 4 is 18.0 Å². The lowest BCUT2D eigenvalue weighted by Crippen LogP contribution is -2.39. The quantitative estimate of drug-likeness (QED) is 0.586. The summed E-state index contributed by atoms with van der Waals surface area (Å²) in [6.07, 6.45) is 3.60. The summed E-state index contributed by atoms with van der Waals surface area (Å²) in [4.78, 5) is 36.8. The van der Waals surface area contributed by atoms with Crippen molar-refractivity contribution in [2.24, 2.45) is 17.3 Å². The minimum absolute atomic E-state index is 0.0157. The minimum Gasteiger partial charge on any atom is -0.481 e. The second-order valence-electron chi connectivity index (χ2n) is 10.7. The van der Waals surface area contributed by atoms with Crippen molar-refractivity contribution in [2.75, 3.05) is 6.61 Å². The van der Waals surface area contributed by atoms with Gasteiger partial charge in [-0.25, -0.2) is 4.79 Å². The summed E-state index contributed by atoms with van der Waals surface area (Å²) in [5.41, 5.74) is 4.13. The summed E-state index contributed by atoms with van der Waals surface area (Å²) in [7, 11) is 0. The fourth-order valence-corrected chi connectivity index (χ4v) is 6.74. The van der Waals surface area contributed by atoms with Crippen LogP contribution in [0, 0.1) is 17.3 Å². The summed E-state index contributed by atoms with van der Waals surface area (Å²) < 4.78 is 5.65. The molecule has 3 saturated carbocycles. The van der Waals surface area contributed by atoms with Crippen molar-refractivity contribution < 1.29 is 24.2 Å². The van der Waals surface area contributed by atoms with Crippen LogP contribution in [0.15, 0.2) is 48.5 Å². The maximum absolute atomic E-state index is 12.8. The highest BCUT2D eigenvalue weighted by Crippen LogP contribution is 2.63. The number of alkyl carbamates (subject to hydrolysis) is 1. The van der Waals surface area contributed by atoms with E-state index in [-0.39, 0.29) is 42.4 Å². The van der Waals surface area contributed by atoms with Crippen LogP contribution in [-0.4, -0.2) is 41.8 Å². The summed E-state index contributed by atoms with van der Waals surface area (Å²) in [5, 5.41) is 15.5. The summed E-state index contributed by atoms with van der Waals surface area (Å²) in [5.74, 6) is -0.688. The number of carboxylic acids is 1. The van der Waals surface area contributed by atoms with Gasteiger partial charge in [0.05, 0.1) is 5.41 Å². The Labute approximate surface area is 204 Å². The number of rotatable bonds is 6. The maximum Gasteiger partial charge on any atom is 0.407 e. The Morgan fingerprint density at radius 1 is 0.886 bits per heavy atom. The number of carbonyl (C=O) groups is 3. The summed E-state index contributed by atoms with van der Waals surface area (Å²) >= 11 is 0. The van der Waals surface area contributed by atoms with Crippen LogP contribution in [0.4, 0.5) is 4.79 Å². The van der Waals surface area contributed by atoms with Crippen molar-refractivity contribution in [3.63, 3.8) is 0 Å². The molecule has 5 unspecified atom stereocenters. The summed E-state index contributed by atoms with van der Waals surface area (Å²) in [6, 6.07) is 16.3. The van der Waals surface area contributed by atoms with Crippen molar-refractivity contribution in [3.05, 3.63) is 59.7 Å². The molecule has 2 aromatic carbocycles. The van der Waals surface area contributed by atoms with Gasteiger partial charge in [0.1, 0.15) is 6.61 Å². The highest BCUT2D eigenvalue weighted by molar-refractivity contribution is 5.82. The fraction of sp³-hybridized carbons (Fsp3) is 0.464. The molecule has 35 heavy (non-hydrogen) atoms. The average molecular weight is 475 g/mol. The molecule has 182 valence electrons. The molecule has 6 rings (SSSR count). The van der Waals surface area contributed by atoms with Crippen LogP contribution >= 0.6 is 0 Å². The van der Waals surface area contributed by atoms with Gasteiger partial charge >= 0.3 is 12.1 Å². The normalized spacial score (nSPS) is 30.2. The van der Waals surface area contributed by atoms with Crippen LogP contribution < -0.4 is 10.6 Å². The van der Waals surface area contributed by atoms with Gasteiger partial charge in [-0.2, -0.15) is 0 Å². The number of aliphatic carboxylic acids is 1. The van der Waals surface area contributed by atoms with Crippen molar-refractivity contribution in [1.29, 1.82) is 0 Å². The third-order valence-corrected chi connectivity index (χ3v) is 8.65. The first-order valence-corrected chi connectivity index (χ1v) is 12.6. The molecule has 0 aromatic heterocycles. The zero-order chi connectivity index (χ0) is 24.2. The second-order valence-corrected chi connectivity index (χ2v) is 10.7. The van der Waals surface area contributed by atoms with Gasteiger partial charge in [-0.3, -0.25) is 9.59 Å². The van der Waals surface area contributed by atoms with Crippen LogP contribution in [0.3, 0.4) is 0 Å². The molecule has 0 bridgehead atoms. The lowest BCUT2D eigenvalue weighted by Gasteiger charge is -2.19. The number of hydrogen-bond donors (Lipinski definition) is 3. The number of hydrogen-bond acceptors (Lipinski definition) is 4. The Morgan fingerprint density at radius 2 is 1.57 bits per heavy atom. The Morgan fingerprint density at radius 3 is 2.23 bits per heavy atom. The fourth-order valence-electron chi connectivity index (χ4n) is 6.74. The lowest BCUT2D eigenvalue weighted by molar-refractivity contribution is -0.144. The van der Waals surface area contributed by atoms with E-state index in [0.717, 1.165) is 19.3 Å². The molecular formula is C28H30N2O5. The second kappa shape index (κ2) is 8.40. The van der Waals surface area contributed by atoms with Gasteiger partial charge in [0.15, 0.2) is 0 Å². The van der Waals surface area contributed by atoms with Gasteiger partial charge in [-0.05, 0) is 66.7 Å². The largest absolute Gasteiger partial charge is 0.481 e. The number of fused-ring (bicyclic) bond motifs is 4. The number of carbonyl (C=O) groups excluding carboxylic acids is 2. The monoisotopic (exact) mass is 474 g/mol. The molecule has 0 spiro atoms. The van der Waals surface area contributed by atoms with E-state index in [0.29, 0.717) is 19.3 Å². The summed E-state index contributed by atoms with van der Waals surface area (Å²) in [6.45, 7) is 0.269. The molecule has 4 aliphatic carbocycles. The van der Waals surface area contributed by atoms with Crippen LogP contribution in [0.25, 0.3) is 11.1 Å². The molecule has 4 aliphatic rings. The molecule has 3 N–H and O–H groups in total. The molecule has 0 saturated heterocycles. The van der Waals surface area contributed by atoms with E-state index in [4.69, 9.17) is 4.74 Å². The number of carboxylic acid groups (broad SMARTS) is 1. The molecule has 7 heteroatoms. The first-order chi connectivity index (χ1) is 16.9. The van der Waals surface area contributed by atoms with Crippen molar-refractivity contribution in [3.8, 4) is 11.1 Å². The van der Waals surface area contributed by atoms with Crippen LogP contribution in [0.2, 0.25) is 0 Å². The molecule has 7 nitrogen and oxygen atoms in total. The van der Waals surface area contributed by atoms with Gasteiger partial charge in [-0.15, -0.1) is 0 Å². The molecule has 5 atom stereocenters. The minimum atomic E-state index is -0.729. The molecule has 0 aliphatic heterocycles. The van der Waals surface area contributed by atoms with Gasteiger partial charge < -0.3 is 20.5 Å². The van der Waals surface area contributed by atoms with E-state index in [1.165, 1.54) is 22.3 Å². The average Bonchev–Trinajstić information content (AvgIpc) is 3.17. The highest BCUT2D eigenvalue weighted by Gasteiger charge is 2.65. The van der Waals surface area contributed by atoms with E-state index < -0.39 is 17.5 Å². The zero-order valence-corrected chi connectivity index (χ0v) is 19.5. The molecule has 3 fully saturated rings. The van der Waals surface area contributed by atoms with Gasteiger partial charge in [0.25, 0.3) is 0 Å². The molecule has 0 heterocycles. The zero-order valence-electron chi connectivity index (χ0n) is 19.5. The van der Waals surface area contributed by atoms with E-state index in [9.17, 15) is 19.5 Å². The van der Waals surface area contributed by atoms with Gasteiger partial charge in [0.2, 0.25) is 5.91 Å². The third kappa shape index (κ3) is 3.87. The van der Waals surface area contributed by atoms with E-state index in [1.807, 2.05) is 24.3 Å². The van der Waals surface area contributed by atoms with E-state index in [2.05, 4.69) is 34.9 Å². The van der Waals surface area contributed by atoms with E-state index >= 15 is 0 Å². The Kier molecular flexibility index (Phi) is 5.31. The predicted molar refractivity (Wildman–Crippen MR) is 129 cm³/mol.